The predicted molar refractivity (Wildman–Crippen MR) is 169 cm³/mol. The number of esters is 1. The van der Waals surface area contributed by atoms with Gasteiger partial charge >= 0.3 is 5.97 Å². The van der Waals surface area contributed by atoms with E-state index < -0.39 is 51.3 Å². The second-order valence-electron chi connectivity index (χ2n) is 12.2. The molecule has 2 aliphatic rings. The molecule has 0 spiro atoms. The van der Waals surface area contributed by atoms with Gasteiger partial charge in [0.05, 0.1) is 12.2 Å². The average molecular weight is 611 g/mol. The van der Waals surface area contributed by atoms with E-state index in [0.29, 0.717) is 5.56 Å². The highest BCUT2D eigenvalue weighted by molar-refractivity contribution is 6.99. The van der Waals surface area contributed by atoms with Crippen LogP contribution in [0.4, 0.5) is 0 Å². The van der Waals surface area contributed by atoms with Crippen LogP contribution in [0.3, 0.4) is 0 Å². The lowest BCUT2D eigenvalue weighted by molar-refractivity contribution is -0.350. The summed E-state index contributed by atoms with van der Waals surface area (Å²) in [5, 5.41) is 13.6. The van der Waals surface area contributed by atoms with Gasteiger partial charge in [0, 0.05) is 5.56 Å². The topological polar surface area (TPSA) is 83.5 Å². The van der Waals surface area contributed by atoms with Crippen LogP contribution in [0, 0.1) is 0 Å². The van der Waals surface area contributed by atoms with E-state index in [0.717, 1.165) is 15.9 Å². The van der Waals surface area contributed by atoms with E-state index in [-0.39, 0.29) is 11.6 Å². The van der Waals surface area contributed by atoms with Gasteiger partial charge in [0.25, 0.3) is 8.32 Å². The monoisotopic (exact) mass is 610 g/mol. The first-order chi connectivity index (χ1) is 21.3. The third-order valence-electron chi connectivity index (χ3n) is 8.34. The lowest BCUT2D eigenvalue weighted by Gasteiger charge is -2.51. The Labute approximate surface area is 259 Å². The fraction of sp³-hybridized carbons (Fsp3) is 0.306. The van der Waals surface area contributed by atoms with Crippen LogP contribution in [0.15, 0.2) is 121 Å². The molecule has 7 nitrogen and oxygen atoms in total. The molecule has 6 rings (SSSR count). The Kier molecular flexibility index (Phi) is 8.82. The zero-order valence-electron chi connectivity index (χ0n) is 25.1. The molecule has 0 bridgehead atoms. The summed E-state index contributed by atoms with van der Waals surface area (Å²) >= 11 is 0. The molecule has 0 aromatic heterocycles. The summed E-state index contributed by atoms with van der Waals surface area (Å²) in [5.41, 5.74) is 1.18. The van der Waals surface area contributed by atoms with Crippen LogP contribution in [-0.4, -0.2) is 56.7 Å². The van der Waals surface area contributed by atoms with Crippen LogP contribution < -0.4 is 10.4 Å². The summed E-state index contributed by atoms with van der Waals surface area (Å²) in [5.74, 6) is -0.584. The summed E-state index contributed by atoms with van der Waals surface area (Å²) in [4.78, 5) is 13.5. The van der Waals surface area contributed by atoms with E-state index in [1.165, 1.54) is 0 Å². The minimum atomic E-state index is -3.17. The molecule has 6 atom stereocenters. The molecule has 8 heteroatoms. The molecule has 2 aliphatic heterocycles. The number of hydrogen-bond donors (Lipinski definition) is 1. The molecule has 228 valence electrons. The second-order valence-corrected chi connectivity index (χ2v) is 16.5. The van der Waals surface area contributed by atoms with E-state index >= 15 is 0 Å². The Morgan fingerprint density at radius 1 is 0.773 bits per heavy atom. The van der Waals surface area contributed by atoms with Crippen molar-refractivity contribution in [1.29, 1.82) is 0 Å². The maximum atomic E-state index is 13.5. The van der Waals surface area contributed by atoms with Crippen molar-refractivity contribution >= 4 is 24.7 Å². The van der Waals surface area contributed by atoms with Crippen molar-refractivity contribution in [2.75, 3.05) is 6.61 Å². The van der Waals surface area contributed by atoms with Crippen LogP contribution in [0.5, 0.6) is 0 Å². The zero-order chi connectivity index (χ0) is 30.7. The molecular weight excluding hydrogens is 572 g/mol. The summed E-state index contributed by atoms with van der Waals surface area (Å²) in [7, 11) is -3.17. The van der Waals surface area contributed by atoms with Gasteiger partial charge in [-0.2, -0.15) is 0 Å². The number of aliphatic hydroxyl groups is 1. The van der Waals surface area contributed by atoms with Gasteiger partial charge in [-0.3, -0.25) is 0 Å². The zero-order valence-corrected chi connectivity index (χ0v) is 26.1. The number of benzene rings is 4. The quantitative estimate of drug-likeness (QED) is 0.233. The molecule has 0 amide bonds. The molecular formula is C36H38O7Si. The molecule has 4 aromatic rings. The largest absolute Gasteiger partial charge is 0.450 e. The first kappa shape index (κ1) is 30.4. The van der Waals surface area contributed by atoms with Crippen molar-refractivity contribution in [2.24, 2.45) is 0 Å². The molecule has 2 heterocycles. The Balaban J connectivity index is 1.40. The summed E-state index contributed by atoms with van der Waals surface area (Å²) in [6, 6.07) is 38.5. The number of rotatable bonds is 7. The fourth-order valence-corrected chi connectivity index (χ4v) is 10.8. The summed E-state index contributed by atoms with van der Waals surface area (Å²) in [6.45, 7) is 6.64. The third-order valence-corrected chi connectivity index (χ3v) is 13.3. The smallest absolute Gasteiger partial charge is 0.338 e. The minimum absolute atomic E-state index is 0.168. The van der Waals surface area contributed by atoms with E-state index in [1.807, 2.05) is 72.8 Å². The van der Waals surface area contributed by atoms with E-state index in [4.69, 9.17) is 23.4 Å². The first-order valence-corrected chi connectivity index (χ1v) is 16.9. The number of hydrogen-bond acceptors (Lipinski definition) is 7. The molecule has 44 heavy (non-hydrogen) atoms. The van der Waals surface area contributed by atoms with Crippen LogP contribution in [0.25, 0.3) is 0 Å². The highest BCUT2D eigenvalue weighted by atomic mass is 28.4. The molecule has 0 aliphatic carbocycles. The molecule has 2 saturated heterocycles. The van der Waals surface area contributed by atoms with Crippen molar-refractivity contribution < 1.29 is 33.3 Å². The van der Waals surface area contributed by atoms with Gasteiger partial charge in [-0.25, -0.2) is 4.79 Å². The maximum absolute atomic E-state index is 13.5. The molecule has 0 radical (unpaired) electrons. The van der Waals surface area contributed by atoms with Gasteiger partial charge in [0.15, 0.2) is 18.7 Å². The molecule has 1 unspecified atom stereocenters. The van der Waals surface area contributed by atoms with Crippen molar-refractivity contribution in [2.45, 2.75) is 62.8 Å². The van der Waals surface area contributed by atoms with Gasteiger partial charge in [-0.15, -0.1) is 0 Å². The number of carbonyl (C=O) groups excluding carboxylic acids is 1. The Bertz CT molecular complexity index is 1470. The van der Waals surface area contributed by atoms with Gasteiger partial charge < -0.3 is 28.5 Å². The maximum Gasteiger partial charge on any atom is 0.338 e. The minimum Gasteiger partial charge on any atom is -0.450 e. The molecule has 2 fully saturated rings. The van der Waals surface area contributed by atoms with Gasteiger partial charge in [0.1, 0.15) is 18.3 Å². The standard InChI is InChI=1S/C36H38O7Si/c1-36(2,3)44(27-20-12-6-13-21-27,28-22-14-7-15-23-28)43-35-32(41-33(38)25-16-8-4-9-17-25)30(37)31-29(40-35)24-39-34(42-31)26-18-10-5-11-19-26/h4-23,29-32,34-35,37H,24H2,1-3H3/t29-,30+,31+,32-,34?,35+/m1/s1. The molecule has 0 saturated carbocycles. The summed E-state index contributed by atoms with van der Waals surface area (Å²) in [6.07, 6.45) is -5.71. The molecule has 1 N–H and O–H groups in total. The van der Waals surface area contributed by atoms with Crippen LogP contribution >= 0.6 is 0 Å². The van der Waals surface area contributed by atoms with Gasteiger partial charge in [-0.1, -0.05) is 130 Å². The number of ether oxygens (including phenoxy) is 4. The highest BCUT2D eigenvalue weighted by Gasteiger charge is 2.58. The van der Waals surface area contributed by atoms with Crippen molar-refractivity contribution in [3.05, 3.63) is 132 Å². The van der Waals surface area contributed by atoms with E-state index in [2.05, 4.69) is 45.0 Å². The molecule has 4 aromatic carbocycles. The van der Waals surface area contributed by atoms with Gasteiger partial charge in [0.2, 0.25) is 0 Å². The van der Waals surface area contributed by atoms with Crippen LogP contribution in [0.1, 0.15) is 43.0 Å². The predicted octanol–water partition coefficient (Wildman–Crippen LogP) is 4.99. The normalized spacial score (nSPS) is 25.5. The van der Waals surface area contributed by atoms with E-state index in [1.54, 1.807) is 24.3 Å². The Morgan fingerprint density at radius 2 is 1.30 bits per heavy atom. The first-order valence-electron chi connectivity index (χ1n) is 15.0. The van der Waals surface area contributed by atoms with Crippen LogP contribution in [-0.2, 0) is 23.4 Å². The lowest BCUT2D eigenvalue weighted by Crippen LogP contribution is -2.72. The number of fused-ring (bicyclic) bond motifs is 1. The van der Waals surface area contributed by atoms with Gasteiger partial charge in [-0.05, 0) is 27.5 Å². The van der Waals surface area contributed by atoms with Crippen LogP contribution in [0.2, 0.25) is 5.04 Å². The highest BCUT2D eigenvalue weighted by Crippen LogP contribution is 2.41. The Hall–Kier alpha value is -3.63. The second kappa shape index (κ2) is 12.8. The third kappa shape index (κ3) is 5.89. The van der Waals surface area contributed by atoms with Crippen molar-refractivity contribution in [3.8, 4) is 0 Å². The average Bonchev–Trinajstić information content (AvgIpc) is 3.06. The van der Waals surface area contributed by atoms with Crippen molar-refractivity contribution in [3.63, 3.8) is 0 Å². The number of carbonyl (C=O) groups is 1. The van der Waals surface area contributed by atoms with Crippen molar-refractivity contribution in [1.82, 2.24) is 0 Å². The summed E-state index contributed by atoms with van der Waals surface area (Å²) < 4.78 is 32.3. The fourth-order valence-electron chi connectivity index (χ4n) is 6.20. The SMILES string of the molecule is CC(C)(C)[Si](O[C@@H]1O[C@@H]2COC(c3ccccc3)O[C@@H]2[C@H](O)[C@H]1OC(=O)c1ccccc1)(c1ccccc1)c1ccccc1. The number of aliphatic hydroxyl groups excluding tert-OH is 1. The Morgan fingerprint density at radius 3 is 1.84 bits per heavy atom. The lowest BCUT2D eigenvalue weighted by atomic mass is 9.97. The van der Waals surface area contributed by atoms with E-state index in [9.17, 15) is 9.90 Å².